The molecular weight excluding hydrogens is 363 g/mol. The van der Waals surface area contributed by atoms with Crippen LogP contribution < -0.4 is 0 Å². The number of carbonyl (C=O) groups excluding carboxylic acids is 1. The number of nitrogens with zero attached hydrogens (tertiary/aromatic N) is 2. The minimum Gasteiger partial charge on any atom is -0.299 e. The summed E-state index contributed by atoms with van der Waals surface area (Å²) in [6.45, 7) is 1.90. The lowest BCUT2D eigenvalue weighted by molar-refractivity contribution is -0.117. The van der Waals surface area contributed by atoms with E-state index in [9.17, 15) is 4.79 Å². The Labute approximate surface area is 136 Å². The Bertz CT molecular complexity index is 667. The van der Waals surface area contributed by atoms with E-state index in [0.717, 1.165) is 21.4 Å². The van der Waals surface area contributed by atoms with E-state index in [0.29, 0.717) is 16.5 Å². The summed E-state index contributed by atoms with van der Waals surface area (Å²) >= 11 is 15.4. The van der Waals surface area contributed by atoms with Crippen LogP contribution in [0, 0.1) is 6.92 Å². The van der Waals surface area contributed by atoms with Crippen LogP contribution >= 0.6 is 39.1 Å². The normalized spacial score (nSPS) is 10.8. The fourth-order valence-electron chi connectivity index (χ4n) is 2.00. The van der Waals surface area contributed by atoms with E-state index in [1.165, 1.54) is 0 Å². The zero-order valence-corrected chi connectivity index (χ0v) is 14.2. The van der Waals surface area contributed by atoms with Gasteiger partial charge in [-0.25, -0.2) is 0 Å². The molecule has 0 spiro atoms. The van der Waals surface area contributed by atoms with E-state index in [4.69, 9.17) is 23.2 Å². The predicted molar refractivity (Wildman–Crippen MR) is 84.5 cm³/mol. The van der Waals surface area contributed by atoms with Gasteiger partial charge in [0.1, 0.15) is 5.78 Å². The monoisotopic (exact) mass is 374 g/mol. The van der Waals surface area contributed by atoms with Crippen LogP contribution in [0.5, 0.6) is 0 Å². The number of Topliss-reactive ketones (excluding diaryl/α,β-unsaturated/α-hetero) is 1. The van der Waals surface area contributed by atoms with Gasteiger partial charge in [0.25, 0.3) is 0 Å². The van der Waals surface area contributed by atoms with Crippen molar-refractivity contribution in [1.29, 1.82) is 0 Å². The van der Waals surface area contributed by atoms with Gasteiger partial charge in [-0.05, 0) is 40.5 Å². The molecule has 0 saturated carbocycles. The molecule has 0 aliphatic carbocycles. The first-order valence-electron chi connectivity index (χ1n) is 6.02. The number of benzene rings is 1. The molecule has 0 saturated heterocycles. The third-order valence-corrected chi connectivity index (χ3v) is 4.65. The van der Waals surface area contributed by atoms with Crippen molar-refractivity contribution in [1.82, 2.24) is 9.78 Å². The summed E-state index contributed by atoms with van der Waals surface area (Å²) < 4.78 is 2.61. The lowest BCUT2D eigenvalue weighted by Crippen LogP contribution is -2.10. The lowest BCUT2D eigenvalue weighted by Gasteiger charge is -2.05. The van der Waals surface area contributed by atoms with Gasteiger partial charge in [-0.1, -0.05) is 29.3 Å². The second-order valence-electron chi connectivity index (χ2n) is 4.60. The van der Waals surface area contributed by atoms with Crippen molar-refractivity contribution >= 4 is 44.9 Å². The van der Waals surface area contributed by atoms with Gasteiger partial charge in [-0.15, -0.1) is 0 Å². The van der Waals surface area contributed by atoms with Crippen molar-refractivity contribution in [2.45, 2.75) is 19.8 Å². The molecule has 2 rings (SSSR count). The van der Waals surface area contributed by atoms with Crippen LogP contribution in [0.4, 0.5) is 0 Å². The van der Waals surface area contributed by atoms with Gasteiger partial charge in [-0.3, -0.25) is 9.48 Å². The molecule has 0 bridgehead atoms. The minimum absolute atomic E-state index is 0.0814. The summed E-state index contributed by atoms with van der Waals surface area (Å²) in [5.41, 5.74) is 2.54. The highest BCUT2D eigenvalue weighted by Crippen LogP contribution is 2.24. The molecule has 0 aliphatic rings. The van der Waals surface area contributed by atoms with Crippen molar-refractivity contribution in [3.63, 3.8) is 0 Å². The summed E-state index contributed by atoms with van der Waals surface area (Å²) in [5.74, 6) is 0.0814. The van der Waals surface area contributed by atoms with Crippen molar-refractivity contribution < 1.29 is 4.79 Å². The number of aromatic nitrogens is 2. The molecule has 3 nitrogen and oxygen atoms in total. The van der Waals surface area contributed by atoms with E-state index in [-0.39, 0.29) is 12.2 Å². The number of aryl methyl sites for hydroxylation is 2. The molecule has 0 amide bonds. The summed E-state index contributed by atoms with van der Waals surface area (Å²) in [5, 5.41) is 5.36. The topological polar surface area (TPSA) is 34.9 Å². The molecule has 0 aliphatic heterocycles. The van der Waals surface area contributed by atoms with Crippen LogP contribution in [0.2, 0.25) is 10.0 Å². The Balaban J connectivity index is 2.13. The van der Waals surface area contributed by atoms with Crippen molar-refractivity contribution in [2.24, 2.45) is 7.05 Å². The van der Waals surface area contributed by atoms with Crippen molar-refractivity contribution in [3.8, 4) is 0 Å². The number of rotatable bonds is 4. The maximum absolute atomic E-state index is 12.2. The molecule has 0 atom stereocenters. The van der Waals surface area contributed by atoms with Gasteiger partial charge in [0, 0.05) is 29.9 Å². The van der Waals surface area contributed by atoms with Gasteiger partial charge < -0.3 is 0 Å². The zero-order valence-electron chi connectivity index (χ0n) is 11.1. The predicted octanol–water partition coefficient (Wildman–Crippen LogP) is 4.15. The fourth-order valence-corrected chi connectivity index (χ4v) is 2.95. The molecule has 0 fully saturated rings. The Morgan fingerprint density at radius 2 is 2.05 bits per heavy atom. The van der Waals surface area contributed by atoms with Crippen molar-refractivity contribution in [2.75, 3.05) is 0 Å². The second-order valence-corrected chi connectivity index (χ2v) is 6.23. The number of carbonyl (C=O) groups is 1. The quantitative estimate of drug-likeness (QED) is 0.804. The maximum atomic E-state index is 12.2. The summed E-state index contributed by atoms with van der Waals surface area (Å²) in [4.78, 5) is 12.2. The van der Waals surface area contributed by atoms with Crippen LogP contribution in [-0.4, -0.2) is 15.6 Å². The average molecular weight is 376 g/mol. The molecule has 0 radical (unpaired) electrons. The zero-order chi connectivity index (χ0) is 14.9. The standard InChI is InChI=1S/C14H13BrCl2N2O/c1-8-14(15)13(19(2)18-8)7-11(20)5-9-3-4-10(16)6-12(9)17/h3-4,6H,5,7H2,1-2H3. The first-order valence-corrected chi connectivity index (χ1v) is 7.57. The fraction of sp³-hybridized carbons (Fsp3) is 0.286. The van der Waals surface area contributed by atoms with Crippen LogP contribution in [0.1, 0.15) is 17.0 Å². The lowest BCUT2D eigenvalue weighted by atomic mass is 10.1. The van der Waals surface area contributed by atoms with Gasteiger partial charge >= 0.3 is 0 Å². The van der Waals surface area contributed by atoms with Crippen LogP contribution in [0.15, 0.2) is 22.7 Å². The first kappa shape index (κ1) is 15.5. The molecule has 106 valence electrons. The largest absolute Gasteiger partial charge is 0.299 e. The van der Waals surface area contributed by atoms with Crippen LogP contribution in [-0.2, 0) is 24.7 Å². The smallest absolute Gasteiger partial charge is 0.143 e. The minimum atomic E-state index is 0.0814. The van der Waals surface area contributed by atoms with E-state index in [1.807, 2.05) is 14.0 Å². The van der Waals surface area contributed by atoms with Gasteiger partial charge in [0.2, 0.25) is 0 Å². The maximum Gasteiger partial charge on any atom is 0.143 e. The molecule has 6 heteroatoms. The van der Waals surface area contributed by atoms with Gasteiger partial charge in [-0.2, -0.15) is 5.10 Å². The summed E-state index contributed by atoms with van der Waals surface area (Å²) in [6, 6.07) is 5.17. The van der Waals surface area contributed by atoms with Gasteiger partial charge in [0.05, 0.1) is 15.9 Å². The molecule has 1 aromatic carbocycles. The highest BCUT2D eigenvalue weighted by Gasteiger charge is 2.15. The van der Waals surface area contributed by atoms with E-state index in [2.05, 4.69) is 21.0 Å². The van der Waals surface area contributed by atoms with E-state index in [1.54, 1.807) is 22.9 Å². The first-order chi connectivity index (χ1) is 9.38. The molecule has 2 aromatic rings. The highest BCUT2D eigenvalue weighted by atomic mass is 79.9. The van der Waals surface area contributed by atoms with Crippen LogP contribution in [0.3, 0.4) is 0 Å². The van der Waals surface area contributed by atoms with Crippen LogP contribution in [0.25, 0.3) is 0 Å². The second kappa shape index (κ2) is 6.29. The number of hydrogen-bond acceptors (Lipinski definition) is 2. The number of ketones is 1. The third kappa shape index (κ3) is 3.43. The molecule has 1 aromatic heterocycles. The Hall–Kier alpha value is -0.840. The van der Waals surface area contributed by atoms with E-state index < -0.39 is 0 Å². The Morgan fingerprint density at radius 3 is 2.60 bits per heavy atom. The molecule has 0 N–H and O–H groups in total. The Kier molecular flexibility index (Phi) is 4.89. The molecular formula is C14H13BrCl2N2O. The molecule has 20 heavy (non-hydrogen) atoms. The average Bonchev–Trinajstić information content (AvgIpc) is 2.60. The molecule has 1 heterocycles. The molecule has 0 unspecified atom stereocenters. The number of halogens is 3. The summed E-state index contributed by atoms with van der Waals surface area (Å²) in [7, 11) is 1.83. The number of hydrogen-bond donors (Lipinski definition) is 0. The SMILES string of the molecule is Cc1nn(C)c(CC(=O)Cc2ccc(Cl)cc2Cl)c1Br. The Morgan fingerprint density at radius 1 is 1.35 bits per heavy atom. The third-order valence-electron chi connectivity index (χ3n) is 3.03. The van der Waals surface area contributed by atoms with Crippen molar-refractivity contribution in [3.05, 3.63) is 49.7 Å². The van der Waals surface area contributed by atoms with E-state index >= 15 is 0 Å². The van der Waals surface area contributed by atoms with Gasteiger partial charge in [0.15, 0.2) is 0 Å². The highest BCUT2D eigenvalue weighted by molar-refractivity contribution is 9.10. The summed E-state index contributed by atoms with van der Waals surface area (Å²) in [6.07, 6.45) is 0.601.